The number of ether oxygens (including phenoxy) is 3. The Kier molecular flexibility index (Phi) is 16.2. The third-order valence-corrected chi connectivity index (χ3v) is 13.8. The second kappa shape index (κ2) is 23.8. The number of hydrogen-bond acceptors (Lipinski definition) is 9. The Morgan fingerprint density at radius 2 is 0.986 bits per heavy atom. The zero-order valence-electron chi connectivity index (χ0n) is 40.5. The highest BCUT2D eigenvalue weighted by Crippen LogP contribution is 2.44. The Bertz CT molecular complexity index is 2840. The Morgan fingerprint density at radius 3 is 1.56 bits per heavy atom. The van der Waals surface area contributed by atoms with Crippen LogP contribution in [0.3, 0.4) is 0 Å². The average molecular weight is 982 g/mol. The lowest BCUT2D eigenvalue weighted by atomic mass is 9.98. The molecule has 73 heavy (non-hydrogen) atoms. The maximum atomic E-state index is 14.9. The first kappa shape index (κ1) is 49.7. The van der Waals surface area contributed by atoms with E-state index in [1.807, 2.05) is 152 Å². The van der Waals surface area contributed by atoms with Crippen molar-refractivity contribution in [2.24, 2.45) is 0 Å². The molecule has 0 radical (unpaired) electrons. The molecule has 5 amide bonds. The minimum absolute atomic E-state index is 0.0423. The van der Waals surface area contributed by atoms with Gasteiger partial charge in [0.25, 0.3) is 0 Å². The molecular weight excluding hydrogens is 923 g/mol. The van der Waals surface area contributed by atoms with Crippen molar-refractivity contribution in [3.8, 4) is 16.9 Å². The van der Waals surface area contributed by atoms with Crippen molar-refractivity contribution in [3.63, 3.8) is 0 Å². The van der Waals surface area contributed by atoms with Gasteiger partial charge in [-0.15, -0.1) is 0 Å². The summed E-state index contributed by atoms with van der Waals surface area (Å²) in [6, 6.07) is 47.6. The van der Waals surface area contributed by atoms with Crippen molar-refractivity contribution in [2.45, 2.75) is 81.8 Å². The van der Waals surface area contributed by atoms with E-state index in [4.69, 9.17) is 14.2 Å². The molecule has 374 valence electrons. The second-order valence-electron chi connectivity index (χ2n) is 18.6. The highest BCUT2D eigenvalue weighted by atomic mass is 16.5. The van der Waals surface area contributed by atoms with Crippen LogP contribution in [0.15, 0.2) is 164 Å². The molecule has 6 aromatic rings. The van der Waals surface area contributed by atoms with Gasteiger partial charge in [-0.25, -0.2) is 4.79 Å². The van der Waals surface area contributed by atoms with Gasteiger partial charge in [-0.2, -0.15) is 0 Å². The molecule has 2 heterocycles. The lowest BCUT2D eigenvalue weighted by Crippen LogP contribution is -2.58. The van der Waals surface area contributed by atoms with Crippen LogP contribution in [0.25, 0.3) is 11.1 Å². The van der Waals surface area contributed by atoms with Crippen molar-refractivity contribution >= 4 is 35.7 Å². The molecule has 0 aromatic heterocycles. The molecule has 3 aliphatic rings. The third-order valence-electron chi connectivity index (χ3n) is 13.8. The molecule has 9 rings (SSSR count). The summed E-state index contributed by atoms with van der Waals surface area (Å²) in [5.74, 6) is -2.13. The number of nitrogens with zero attached hydrogens (tertiary/aromatic N) is 2. The monoisotopic (exact) mass is 981 g/mol. The van der Waals surface area contributed by atoms with Gasteiger partial charge in [0.1, 0.15) is 56.3 Å². The first-order chi connectivity index (χ1) is 35.7. The maximum Gasteiger partial charge on any atom is 0.407 e. The van der Waals surface area contributed by atoms with E-state index in [1.54, 1.807) is 0 Å². The molecule has 0 unspecified atom stereocenters. The molecule has 4 atom stereocenters. The van der Waals surface area contributed by atoms with E-state index in [2.05, 4.69) is 28.1 Å². The van der Waals surface area contributed by atoms with Gasteiger partial charge in [0.15, 0.2) is 0 Å². The van der Waals surface area contributed by atoms with Crippen LogP contribution >= 0.6 is 0 Å². The Morgan fingerprint density at radius 1 is 0.507 bits per heavy atom. The predicted molar refractivity (Wildman–Crippen MR) is 274 cm³/mol. The summed E-state index contributed by atoms with van der Waals surface area (Å²) in [5.41, 5.74) is 7.62. The van der Waals surface area contributed by atoms with Crippen LogP contribution < -0.4 is 20.7 Å². The number of likely N-dealkylation sites (tertiary alicyclic amines) is 2. The summed E-state index contributed by atoms with van der Waals surface area (Å²) in [6.45, 7) is 0.623. The van der Waals surface area contributed by atoms with Gasteiger partial charge < -0.3 is 40.0 Å². The first-order valence-corrected chi connectivity index (χ1v) is 25.0. The number of carbonyl (C=O) groups excluding carboxylic acids is 6. The molecule has 3 N–H and O–H groups in total. The summed E-state index contributed by atoms with van der Waals surface area (Å²) in [5, 5.41) is 8.49. The zero-order chi connectivity index (χ0) is 50.5. The highest BCUT2D eigenvalue weighted by molar-refractivity contribution is 5.96. The third kappa shape index (κ3) is 12.4. The Labute approximate surface area is 425 Å². The number of alkyl carbamates (subject to hydrolysis) is 1. The van der Waals surface area contributed by atoms with Crippen LogP contribution in [-0.4, -0.2) is 95.9 Å². The summed E-state index contributed by atoms with van der Waals surface area (Å²) in [7, 11) is 0. The van der Waals surface area contributed by atoms with Crippen molar-refractivity contribution in [3.05, 3.63) is 197 Å². The van der Waals surface area contributed by atoms with Crippen LogP contribution in [0.1, 0.15) is 65.0 Å². The van der Waals surface area contributed by atoms with Crippen LogP contribution in [0.2, 0.25) is 0 Å². The van der Waals surface area contributed by atoms with Gasteiger partial charge in [-0.05, 0) is 82.3 Å². The molecule has 1 aliphatic carbocycles. The molecule has 2 saturated heterocycles. The van der Waals surface area contributed by atoms with Gasteiger partial charge in [-0.3, -0.25) is 24.0 Å². The molecule has 0 spiro atoms. The molecule has 0 saturated carbocycles. The molecule has 2 aliphatic heterocycles. The van der Waals surface area contributed by atoms with Crippen LogP contribution in [-0.2, 0) is 59.5 Å². The number of fused-ring (bicyclic) bond motifs is 3. The molecule has 2 fully saturated rings. The molecule has 6 aromatic carbocycles. The van der Waals surface area contributed by atoms with E-state index in [0.717, 1.165) is 44.5 Å². The lowest BCUT2D eigenvalue weighted by Gasteiger charge is -2.32. The Balaban J connectivity index is 0.888. The van der Waals surface area contributed by atoms with Crippen molar-refractivity contribution in [1.82, 2.24) is 25.8 Å². The van der Waals surface area contributed by atoms with E-state index in [0.29, 0.717) is 38.0 Å². The summed E-state index contributed by atoms with van der Waals surface area (Å²) in [4.78, 5) is 87.0. The highest BCUT2D eigenvalue weighted by Gasteiger charge is 2.42. The van der Waals surface area contributed by atoms with Crippen molar-refractivity contribution in [2.75, 3.05) is 26.2 Å². The van der Waals surface area contributed by atoms with Gasteiger partial charge in [-0.1, -0.05) is 152 Å². The van der Waals surface area contributed by atoms with E-state index < -0.39 is 59.9 Å². The van der Waals surface area contributed by atoms with Gasteiger partial charge in [0.05, 0.1) is 0 Å². The predicted octanol–water partition coefficient (Wildman–Crippen LogP) is 7.28. The summed E-state index contributed by atoms with van der Waals surface area (Å²) in [6.07, 6.45) is 1.18. The van der Waals surface area contributed by atoms with Crippen molar-refractivity contribution < 1.29 is 43.0 Å². The zero-order valence-corrected chi connectivity index (χ0v) is 40.5. The lowest BCUT2D eigenvalue weighted by molar-refractivity contribution is -0.146. The number of nitrogens with one attached hydrogen (secondary N) is 3. The number of hydrogen-bond donors (Lipinski definition) is 3. The van der Waals surface area contributed by atoms with Gasteiger partial charge in [0, 0.05) is 31.8 Å². The van der Waals surface area contributed by atoms with Gasteiger partial charge >= 0.3 is 12.1 Å². The number of rotatable bonds is 19. The van der Waals surface area contributed by atoms with E-state index in [1.165, 1.54) is 9.80 Å². The minimum Gasteiger partial charge on any atom is -0.489 e. The van der Waals surface area contributed by atoms with Crippen molar-refractivity contribution in [1.29, 1.82) is 0 Å². The van der Waals surface area contributed by atoms with E-state index in [9.17, 15) is 28.8 Å². The largest absolute Gasteiger partial charge is 0.489 e. The first-order valence-electron chi connectivity index (χ1n) is 25.0. The normalized spacial score (nSPS) is 16.6. The molecule has 0 bridgehead atoms. The number of benzene rings is 6. The van der Waals surface area contributed by atoms with Crippen LogP contribution in [0, 0.1) is 0 Å². The fraction of sp³-hybridized carbons (Fsp3) is 0.288. The SMILES string of the molecule is O=C(CNC(=O)[C@@H]1CCCN1C(=O)[C@H](Cc1ccccc1)NC(=O)[C@@H]1CCCN1C(=O)[C@H](Cc1ccc(OCc2ccccc2)cc1)NC(=O)OCC1c2ccccc2-c2ccccc21)OCc1ccccc1. The standard InChI is InChI=1S/C59H59N5O9/c65-54(72-38-43-20-8-3-9-21-43)36-60-55(66)52-26-14-32-63(52)57(68)50(34-40-16-4-1-5-17-40)61-56(67)53-27-15-33-64(53)58(69)51(35-41-28-30-44(31-29-41)71-37-42-18-6-2-7-19-42)62-59(70)73-39-49-47-24-12-10-22-45(47)46-23-11-13-25-48(46)49/h1-13,16-25,28-31,49-53H,14-15,26-27,32-39H2,(H,60,66)(H,61,67)(H,62,70)/t50-,51-,52-,53-/m0/s1. The topological polar surface area (TPSA) is 173 Å². The quantitative estimate of drug-likeness (QED) is 0.0706. The fourth-order valence-electron chi connectivity index (χ4n) is 10.1. The average Bonchev–Trinajstić information content (AvgIpc) is 4.20. The maximum absolute atomic E-state index is 14.9. The van der Waals surface area contributed by atoms with Gasteiger partial charge in [0.2, 0.25) is 23.6 Å². The molecular formula is C59H59N5O9. The van der Waals surface area contributed by atoms with Crippen LogP contribution in [0.4, 0.5) is 4.79 Å². The number of carbonyl (C=O) groups is 6. The van der Waals surface area contributed by atoms with E-state index in [-0.39, 0.29) is 51.6 Å². The number of amides is 5. The van der Waals surface area contributed by atoms with Crippen LogP contribution in [0.5, 0.6) is 5.75 Å². The van der Waals surface area contributed by atoms with E-state index >= 15 is 0 Å². The smallest absolute Gasteiger partial charge is 0.407 e. The minimum atomic E-state index is -1.12. The second-order valence-corrected chi connectivity index (χ2v) is 18.6. The molecule has 14 heteroatoms. The summed E-state index contributed by atoms with van der Waals surface area (Å²) >= 11 is 0. The Hall–Kier alpha value is -8.26. The number of esters is 1. The molecule has 14 nitrogen and oxygen atoms in total. The fourth-order valence-corrected chi connectivity index (χ4v) is 10.1. The summed E-state index contributed by atoms with van der Waals surface area (Å²) < 4.78 is 17.3.